The lowest BCUT2D eigenvalue weighted by Gasteiger charge is -2.19. The largest absolute Gasteiger partial charge is 0.367 e. The molecule has 0 amide bonds. The molecule has 22 heavy (non-hydrogen) atoms. The Morgan fingerprint density at radius 3 is 2.50 bits per heavy atom. The van der Waals surface area contributed by atoms with E-state index in [4.69, 9.17) is 16.3 Å². The maximum atomic E-state index is 6.14. The summed E-state index contributed by atoms with van der Waals surface area (Å²) in [7, 11) is 0. The molecule has 0 aliphatic heterocycles. The highest BCUT2D eigenvalue weighted by molar-refractivity contribution is 6.30. The third kappa shape index (κ3) is 3.97. The van der Waals surface area contributed by atoms with Crippen molar-refractivity contribution < 1.29 is 4.74 Å². The number of aromatic nitrogens is 2. The van der Waals surface area contributed by atoms with Crippen LogP contribution in [0, 0.1) is 0 Å². The molecule has 0 spiro atoms. The predicted molar refractivity (Wildman–Crippen MR) is 87.7 cm³/mol. The molecule has 0 bridgehead atoms. The summed E-state index contributed by atoms with van der Waals surface area (Å²) < 4.78 is 8.16. The molecule has 0 radical (unpaired) electrons. The minimum atomic E-state index is -0.0221. The van der Waals surface area contributed by atoms with Gasteiger partial charge >= 0.3 is 0 Å². The molecular formula is C18H17ClN2O. The van der Waals surface area contributed by atoms with Crippen LogP contribution < -0.4 is 0 Å². The molecule has 3 nitrogen and oxygen atoms in total. The van der Waals surface area contributed by atoms with Gasteiger partial charge in [0.2, 0.25) is 0 Å². The van der Waals surface area contributed by atoms with Crippen molar-refractivity contribution in [1.29, 1.82) is 0 Å². The molecule has 1 atom stereocenters. The van der Waals surface area contributed by atoms with Crippen LogP contribution in [0.5, 0.6) is 0 Å². The SMILES string of the molecule is Clc1ccc(COC(Cn2ccnc2)c2ccccc2)cc1. The molecule has 4 heteroatoms. The zero-order chi connectivity index (χ0) is 15.2. The molecule has 1 unspecified atom stereocenters. The zero-order valence-electron chi connectivity index (χ0n) is 12.1. The molecule has 0 aliphatic rings. The van der Waals surface area contributed by atoms with Gasteiger partial charge in [-0.1, -0.05) is 54.1 Å². The number of ether oxygens (including phenoxy) is 1. The van der Waals surface area contributed by atoms with Crippen LogP contribution in [0.25, 0.3) is 0 Å². The van der Waals surface area contributed by atoms with Crippen molar-refractivity contribution >= 4 is 11.6 Å². The minimum absolute atomic E-state index is 0.0221. The quantitative estimate of drug-likeness (QED) is 0.670. The summed E-state index contributed by atoms with van der Waals surface area (Å²) in [5.74, 6) is 0. The number of nitrogens with zero attached hydrogens (tertiary/aromatic N) is 2. The minimum Gasteiger partial charge on any atom is -0.367 e. The fourth-order valence-corrected chi connectivity index (χ4v) is 2.41. The van der Waals surface area contributed by atoms with Gasteiger partial charge in [-0.15, -0.1) is 0 Å². The second kappa shape index (κ2) is 7.25. The van der Waals surface area contributed by atoms with E-state index in [1.165, 1.54) is 0 Å². The third-order valence-electron chi connectivity index (χ3n) is 3.47. The highest BCUT2D eigenvalue weighted by Gasteiger charge is 2.12. The maximum Gasteiger partial charge on any atom is 0.101 e. The molecular weight excluding hydrogens is 296 g/mol. The van der Waals surface area contributed by atoms with Gasteiger partial charge in [0, 0.05) is 17.4 Å². The Morgan fingerprint density at radius 2 is 1.82 bits per heavy atom. The third-order valence-corrected chi connectivity index (χ3v) is 3.72. The molecule has 0 saturated carbocycles. The summed E-state index contributed by atoms with van der Waals surface area (Å²) in [5, 5.41) is 0.738. The van der Waals surface area contributed by atoms with Crippen molar-refractivity contribution in [2.75, 3.05) is 0 Å². The van der Waals surface area contributed by atoms with Gasteiger partial charge < -0.3 is 9.30 Å². The second-order valence-electron chi connectivity index (χ2n) is 5.10. The Kier molecular flexibility index (Phi) is 4.88. The van der Waals surface area contributed by atoms with Gasteiger partial charge in [-0.05, 0) is 23.3 Å². The van der Waals surface area contributed by atoms with Crippen LogP contribution in [0.4, 0.5) is 0 Å². The number of hydrogen-bond donors (Lipinski definition) is 0. The van der Waals surface area contributed by atoms with E-state index in [0.29, 0.717) is 6.61 Å². The van der Waals surface area contributed by atoms with Crippen molar-refractivity contribution in [3.63, 3.8) is 0 Å². The fourth-order valence-electron chi connectivity index (χ4n) is 2.29. The van der Waals surface area contributed by atoms with Gasteiger partial charge in [0.25, 0.3) is 0 Å². The molecule has 3 aromatic rings. The molecule has 0 N–H and O–H groups in total. The van der Waals surface area contributed by atoms with Crippen LogP contribution in [-0.2, 0) is 17.9 Å². The fraction of sp³-hybridized carbons (Fsp3) is 0.167. The Labute approximate surface area is 135 Å². The van der Waals surface area contributed by atoms with Crippen LogP contribution >= 0.6 is 11.6 Å². The zero-order valence-corrected chi connectivity index (χ0v) is 12.9. The topological polar surface area (TPSA) is 27.1 Å². The van der Waals surface area contributed by atoms with Crippen molar-refractivity contribution in [2.45, 2.75) is 19.3 Å². The predicted octanol–water partition coefficient (Wildman–Crippen LogP) is 4.49. The normalized spacial score (nSPS) is 12.2. The van der Waals surface area contributed by atoms with Crippen molar-refractivity contribution in [3.8, 4) is 0 Å². The molecule has 0 fully saturated rings. The first-order valence-electron chi connectivity index (χ1n) is 7.18. The van der Waals surface area contributed by atoms with Gasteiger partial charge in [0.15, 0.2) is 0 Å². The smallest absolute Gasteiger partial charge is 0.101 e. The van der Waals surface area contributed by atoms with E-state index in [2.05, 4.69) is 17.1 Å². The highest BCUT2D eigenvalue weighted by atomic mass is 35.5. The van der Waals surface area contributed by atoms with E-state index < -0.39 is 0 Å². The summed E-state index contributed by atoms with van der Waals surface area (Å²) in [5.41, 5.74) is 2.26. The summed E-state index contributed by atoms with van der Waals surface area (Å²) in [4.78, 5) is 4.09. The Bertz CT molecular complexity index is 681. The standard InChI is InChI=1S/C18H17ClN2O/c19-17-8-6-15(7-9-17)13-22-18(12-21-11-10-20-14-21)16-4-2-1-3-5-16/h1-11,14,18H,12-13H2. The van der Waals surface area contributed by atoms with Crippen LogP contribution in [0.1, 0.15) is 17.2 Å². The summed E-state index contributed by atoms with van der Waals surface area (Å²) >= 11 is 5.91. The van der Waals surface area contributed by atoms with E-state index >= 15 is 0 Å². The lowest BCUT2D eigenvalue weighted by atomic mass is 10.1. The van der Waals surface area contributed by atoms with E-state index in [9.17, 15) is 0 Å². The average Bonchev–Trinajstić information content (AvgIpc) is 3.07. The Hall–Kier alpha value is -2.10. The highest BCUT2D eigenvalue weighted by Crippen LogP contribution is 2.21. The number of rotatable bonds is 6. The lowest BCUT2D eigenvalue weighted by molar-refractivity contribution is 0.0280. The van der Waals surface area contributed by atoms with Gasteiger partial charge in [0.1, 0.15) is 6.10 Å². The number of benzene rings is 2. The first-order valence-corrected chi connectivity index (χ1v) is 7.56. The van der Waals surface area contributed by atoms with Gasteiger partial charge in [0.05, 0.1) is 19.5 Å². The number of halogens is 1. The first-order chi connectivity index (χ1) is 10.8. The van der Waals surface area contributed by atoms with Crippen LogP contribution in [0.15, 0.2) is 73.3 Å². The summed E-state index contributed by atoms with van der Waals surface area (Å²) in [6, 6.07) is 18.0. The first kappa shape index (κ1) is 14.8. The monoisotopic (exact) mass is 312 g/mol. The molecule has 112 valence electrons. The van der Waals surface area contributed by atoms with Gasteiger partial charge in [-0.3, -0.25) is 0 Å². The molecule has 1 aromatic heterocycles. The van der Waals surface area contributed by atoms with Crippen molar-refractivity contribution in [1.82, 2.24) is 9.55 Å². The van der Waals surface area contributed by atoms with Crippen molar-refractivity contribution in [3.05, 3.63) is 89.5 Å². The summed E-state index contributed by atoms with van der Waals surface area (Å²) in [6.07, 6.45) is 5.51. The molecule has 0 saturated heterocycles. The molecule has 2 aromatic carbocycles. The molecule has 1 heterocycles. The van der Waals surface area contributed by atoms with E-state index in [-0.39, 0.29) is 6.10 Å². The van der Waals surface area contributed by atoms with E-state index in [0.717, 1.165) is 22.7 Å². The number of imidazole rings is 1. The Balaban J connectivity index is 1.72. The van der Waals surface area contributed by atoms with Crippen molar-refractivity contribution in [2.24, 2.45) is 0 Å². The average molecular weight is 313 g/mol. The van der Waals surface area contributed by atoms with Gasteiger partial charge in [-0.2, -0.15) is 0 Å². The molecule has 3 rings (SSSR count). The van der Waals surface area contributed by atoms with E-state index in [1.807, 2.05) is 59.6 Å². The summed E-state index contributed by atoms with van der Waals surface area (Å²) in [6.45, 7) is 1.28. The van der Waals surface area contributed by atoms with E-state index in [1.54, 1.807) is 6.20 Å². The van der Waals surface area contributed by atoms with Gasteiger partial charge in [-0.25, -0.2) is 4.98 Å². The van der Waals surface area contributed by atoms with Crippen LogP contribution in [0.3, 0.4) is 0 Å². The Morgan fingerprint density at radius 1 is 1.05 bits per heavy atom. The number of hydrogen-bond acceptors (Lipinski definition) is 2. The van der Waals surface area contributed by atoms with Crippen LogP contribution in [0.2, 0.25) is 5.02 Å². The lowest BCUT2D eigenvalue weighted by Crippen LogP contribution is -2.12. The maximum absolute atomic E-state index is 6.14. The van der Waals surface area contributed by atoms with Crippen LogP contribution in [-0.4, -0.2) is 9.55 Å². The molecule has 0 aliphatic carbocycles. The second-order valence-corrected chi connectivity index (χ2v) is 5.53.